The molecule has 0 saturated carbocycles. The lowest BCUT2D eigenvalue weighted by molar-refractivity contribution is -0.116. The lowest BCUT2D eigenvalue weighted by Gasteiger charge is -2.16. The highest BCUT2D eigenvalue weighted by Crippen LogP contribution is 2.29. The van der Waals surface area contributed by atoms with Crippen molar-refractivity contribution in [1.82, 2.24) is 5.32 Å². The van der Waals surface area contributed by atoms with E-state index in [2.05, 4.69) is 16.0 Å². The van der Waals surface area contributed by atoms with Gasteiger partial charge in [-0.1, -0.05) is 54.9 Å². The van der Waals surface area contributed by atoms with Crippen molar-refractivity contribution in [3.8, 4) is 0 Å². The van der Waals surface area contributed by atoms with Gasteiger partial charge in [0, 0.05) is 27.4 Å². The molecule has 0 bridgehead atoms. The highest BCUT2D eigenvalue weighted by Gasteiger charge is 2.20. The van der Waals surface area contributed by atoms with E-state index in [1.165, 1.54) is 36.0 Å². The highest BCUT2D eigenvalue weighted by molar-refractivity contribution is 8.00. The van der Waals surface area contributed by atoms with Crippen LogP contribution in [0.15, 0.2) is 102 Å². The second-order valence-electron chi connectivity index (χ2n) is 9.88. The van der Waals surface area contributed by atoms with Gasteiger partial charge in [-0.2, -0.15) is 0 Å². The van der Waals surface area contributed by atoms with Crippen LogP contribution in [0.2, 0.25) is 5.02 Å². The van der Waals surface area contributed by atoms with Crippen molar-refractivity contribution in [2.45, 2.75) is 37.3 Å². The monoisotopic (exact) mass is 615 g/mol. The van der Waals surface area contributed by atoms with Gasteiger partial charge in [0.1, 0.15) is 11.5 Å². The summed E-state index contributed by atoms with van der Waals surface area (Å²) in [5.41, 5.74) is 3.39. The SMILES string of the molecule is CCC(Sc1cccc(NC(=O)/C(=C\c2c(F)cccc2Cl)NC(=O)c2ccccc2)c1)C(=O)Nc1cc(C)cc(C)c1. The number of rotatable bonds is 10. The van der Waals surface area contributed by atoms with Crippen LogP contribution in [0.3, 0.4) is 0 Å². The smallest absolute Gasteiger partial charge is 0.272 e. The zero-order chi connectivity index (χ0) is 30.9. The maximum absolute atomic E-state index is 14.6. The Hall–Kier alpha value is -4.40. The fourth-order valence-corrected chi connectivity index (χ4v) is 5.57. The number of hydrogen-bond donors (Lipinski definition) is 3. The summed E-state index contributed by atoms with van der Waals surface area (Å²) in [5.74, 6) is -1.98. The summed E-state index contributed by atoms with van der Waals surface area (Å²) < 4.78 is 14.6. The van der Waals surface area contributed by atoms with Crippen molar-refractivity contribution >= 4 is 58.5 Å². The second-order valence-corrected chi connectivity index (χ2v) is 11.6. The van der Waals surface area contributed by atoms with Gasteiger partial charge in [-0.05, 0) is 92.1 Å². The third-order valence-corrected chi connectivity index (χ3v) is 8.03. The Kier molecular flexibility index (Phi) is 10.8. The standard InChI is InChI=1S/C34H31ClFN3O3S/c1-4-31(34(42)38-25-17-21(2)16-22(3)18-25)43-26-13-8-12-24(19-26)37-33(41)30(20-27-28(35)14-9-15-29(27)36)39-32(40)23-10-6-5-7-11-23/h5-20,31H,4H2,1-3H3,(H,37,41)(H,38,42)(H,39,40)/b30-20+. The van der Waals surface area contributed by atoms with Gasteiger partial charge in [0.05, 0.1) is 10.3 Å². The fourth-order valence-electron chi connectivity index (χ4n) is 4.34. The molecular formula is C34H31ClFN3O3S. The fraction of sp³-hybridized carbons (Fsp3) is 0.147. The molecule has 43 heavy (non-hydrogen) atoms. The Labute approximate surface area is 259 Å². The number of benzene rings is 4. The van der Waals surface area contributed by atoms with E-state index < -0.39 is 17.6 Å². The Balaban J connectivity index is 1.53. The molecule has 1 atom stereocenters. The van der Waals surface area contributed by atoms with E-state index >= 15 is 0 Å². The quantitative estimate of drug-likeness (QED) is 0.125. The average molecular weight is 616 g/mol. The topological polar surface area (TPSA) is 87.3 Å². The molecule has 0 aliphatic heterocycles. The first kappa shape index (κ1) is 31.5. The molecule has 0 aromatic heterocycles. The molecule has 6 nitrogen and oxygen atoms in total. The van der Waals surface area contributed by atoms with Gasteiger partial charge in [0.2, 0.25) is 5.91 Å². The first-order valence-electron chi connectivity index (χ1n) is 13.6. The number of amides is 3. The van der Waals surface area contributed by atoms with Crippen LogP contribution in [-0.4, -0.2) is 23.0 Å². The van der Waals surface area contributed by atoms with Crippen LogP contribution >= 0.6 is 23.4 Å². The van der Waals surface area contributed by atoms with Crippen LogP contribution in [0.25, 0.3) is 6.08 Å². The van der Waals surface area contributed by atoms with Crippen LogP contribution in [0.4, 0.5) is 15.8 Å². The summed E-state index contributed by atoms with van der Waals surface area (Å²) in [6, 6.07) is 25.4. The molecule has 0 aliphatic rings. The molecule has 4 aromatic carbocycles. The normalized spacial score (nSPS) is 11.9. The van der Waals surface area contributed by atoms with Crippen LogP contribution in [0, 0.1) is 19.7 Å². The van der Waals surface area contributed by atoms with Crippen molar-refractivity contribution in [3.63, 3.8) is 0 Å². The first-order chi connectivity index (χ1) is 20.6. The summed E-state index contributed by atoms with van der Waals surface area (Å²) in [6.45, 7) is 5.89. The van der Waals surface area contributed by atoms with Gasteiger partial charge in [0.15, 0.2) is 0 Å². The van der Waals surface area contributed by atoms with E-state index in [4.69, 9.17) is 11.6 Å². The maximum atomic E-state index is 14.6. The molecule has 3 amide bonds. The molecule has 0 saturated heterocycles. The van der Waals surface area contributed by atoms with Gasteiger partial charge in [-0.15, -0.1) is 11.8 Å². The minimum Gasteiger partial charge on any atom is -0.325 e. The van der Waals surface area contributed by atoms with Crippen molar-refractivity contribution < 1.29 is 18.8 Å². The number of nitrogens with one attached hydrogen (secondary N) is 3. The molecule has 0 spiro atoms. The number of halogens is 2. The van der Waals surface area contributed by atoms with Gasteiger partial charge in [-0.25, -0.2) is 4.39 Å². The lowest BCUT2D eigenvalue weighted by atomic mass is 10.1. The summed E-state index contributed by atoms with van der Waals surface area (Å²) in [4.78, 5) is 40.2. The van der Waals surface area contributed by atoms with Gasteiger partial charge < -0.3 is 16.0 Å². The molecule has 3 N–H and O–H groups in total. The molecule has 9 heteroatoms. The highest BCUT2D eigenvalue weighted by atomic mass is 35.5. The molecule has 4 rings (SSSR count). The summed E-state index contributed by atoms with van der Waals surface area (Å²) in [5, 5.41) is 8.06. The summed E-state index contributed by atoms with van der Waals surface area (Å²) in [6.07, 6.45) is 1.79. The third kappa shape index (κ3) is 8.80. The number of thioether (sulfide) groups is 1. The molecule has 1 unspecified atom stereocenters. The second kappa shape index (κ2) is 14.7. The zero-order valence-corrected chi connectivity index (χ0v) is 25.5. The van der Waals surface area contributed by atoms with Crippen LogP contribution in [0.1, 0.15) is 40.4 Å². The van der Waals surface area contributed by atoms with Crippen LogP contribution in [0.5, 0.6) is 0 Å². The summed E-state index contributed by atoms with van der Waals surface area (Å²) >= 11 is 7.58. The molecular weight excluding hydrogens is 585 g/mol. The van der Waals surface area contributed by atoms with E-state index in [9.17, 15) is 18.8 Å². The van der Waals surface area contributed by atoms with E-state index in [0.29, 0.717) is 17.7 Å². The summed E-state index contributed by atoms with van der Waals surface area (Å²) in [7, 11) is 0. The Morgan fingerprint density at radius 2 is 1.56 bits per heavy atom. The third-order valence-electron chi connectivity index (χ3n) is 6.34. The predicted octanol–water partition coefficient (Wildman–Crippen LogP) is 8.01. The Morgan fingerprint density at radius 1 is 0.860 bits per heavy atom. The zero-order valence-electron chi connectivity index (χ0n) is 23.9. The van der Waals surface area contributed by atoms with E-state index in [0.717, 1.165) is 21.7 Å². The number of anilines is 2. The minimum absolute atomic E-state index is 0.0346. The molecule has 0 heterocycles. The maximum Gasteiger partial charge on any atom is 0.272 e. The van der Waals surface area contributed by atoms with E-state index in [1.807, 2.05) is 45.0 Å². The van der Waals surface area contributed by atoms with E-state index in [-0.39, 0.29) is 27.4 Å². The number of aryl methyl sites for hydroxylation is 2. The van der Waals surface area contributed by atoms with Crippen molar-refractivity contribution in [2.75, 3.05) is 10.6 Å². The molecule has 0 fully saturated rings. The van der Waals surface area contributed by atoms with Crippen molar-refractivity contribution in [2.24, 2.45) is 0 Å². The number of carbonyl (C=O) groups is 3. The van der Waals surface area contributed by atoms with Gasteiger partial charge in [-0.3, -0.25) is 14.4 Å². The average Bonchev–Trinajstić information content (AvgIpc) is 2.97. The van der Waals surface area contributed by atoms with Crippen molar-refractivity contribution in [3.05, 3.63) is 130 Å². The van der Waals surface area contributed by atoms with Crippen LogP contribution < -0.4 is 16.0 Å². The van der Waals surface area contributed by atoms with Gasteiger partial charge in [0.25, 0.3) is 11.8 Å². The predicted molar refractivity (Wildman–Crippen MR) is 173 cm³/mol. The van der Waals surface area contributed by atoms with Crippen molar-refractivity contribution in [1.29, 1.82) is 0 Å². The largest absolute Gasteiger partial charge is 0.325 e. The van der Waals surface area contributed by atoms with Crippen LogP contribution in [-0.2, 0) is 9.59 Å². The molecule has 4 aromatic rings. The Bertz CT molecular complexity index is 1640. The number of hydrogen-bond acceptors (Lipinski definition) is 4. The number of carbonyl (C=O) groups excluding carboxylic acids is 3. The molecule has 0 radical (unpaired) electrons. The molecule has 0 aliphatic carbocycles. The molecule has 220 valence electrons. The minimum atomic E-state index is -0.676. The first-order valence-corrected chi connectivity index (χ1v) is 14.9. The van der Waals surface area contributed by atoms with E-state index in [1.54, 1.807) is 48.5 Å². The Morgan fingerprint density at radius 3 is 2.23 bits per heavy atom. The van der Waals surface area contributed by atoms with Gasteiger partial charge >= 0.3 is 0 Å². The lowest BCUT2D eigenvalue weighted by Crippen LogP contribution is -2.30.